The first kappa shape index (κ1) is 16.2. The van der Waals surface area contributed by atoms with Gasteiger partial charge in [0.2, 0.25) is 11.8 Å². The van der Waals surface area contributed by atoms with Crippen molar-refractivity contribution in [3.8, 4) is 0 Å². The fourth-order valence-corrected chi connectivity index (χ4v) is 1.66. The Balaban J connectivity index is 4.05. The van der Waals surface area contributed by atoms with Gasteiger partial charge in [-0.2, -0.15) is 11.8 Å². The van der Waals surface area contributed by atoms with Crippen LogP contribution in [0.2, 0.25) is 0 Å². The Hall–Kier alpha value is -0.750. The summed E-state index contributed by atoms with van der Waals surface area (Å²) in [6.07, 6.45) is 2.58. The molecule has 0 bridgehead atoms. The van der Waals surface area contributed by atoms with Crippen molar-refractivity contribution < 1.29 is 9.59 Å². The van der Waals surface area contributed by atoms with Gasteiger partial charge in [0.15, 0.2) is 0 Å². The van der Waals surface area contributed by atoms with Crippen molar-refractivity contribution in [2.45, 2.75) is 45.3 Å². The summed E-state index contributed by atoms with van der Waals surface area (Å²) < 4.78 is 0. The van der Waals surface area contributed by atoms with Crippen molar-refractivity contribution in [3.63, 3.8) is 0 Å². The number of amides is 2. The zero-order valence-corrected chi connectivity index (χ0v) is 11.8. The van der Waals surface area contributed by atoms with Crippen molar-refractivity contribution >= 4 is 23.6 Å². The molecular weight excluding hydrogens is 238 g/mol. The molecule has 0 spiro atoms. The molecule has 5 nitrogen and oxygen atoms in total. The molecule has 17 heavy (non-hydrogen) atoms. The molecule has 6 heteroatoms. The van der Waals surface area contributed by atoms with E-state index in [0.29, 0.717) is 6.42 Å². The standard InChI is InChI=1S/C11H23N3O2S/c1-7(2)13-10(15)8(3)14-11(16)9(12)5-6-17-4/h7-9H,5-6,12H2,1-4H3,(H,13,15)(H,14,16)/t8?,9-/m0/s1. The average Bonchev–Trinajstić information content (AvgIpc) is 2.24. The molecule has 2 amide bonds. The Kier molecular flexibility index (Phi) is 7.99. The average molecular weight is 261 g/mol. The maximum atomic E-state index is 11.6. The third kappa shape index (κ3) is 7.23. The highest BCUT2D eigenvalue weighted by Gasteiger charge is 2.19. The molecule has 2 atom stereocenters. The second-order valence-electron chi connectivity index (χ2n) is 4.28. The van der Waals surface area contributed by atoms with Crippen molar-refractivity contribution in [2.24, 2.45) is 5.73 Å². The quantitative estimate of drug-likeness (QED) is 0.607. The maximum absolute atomic E-state index is 11.6. The van der Waals surface area contributed by atoms with Crippen LogP contribution < -0.4 is 16.4 Å². The summed E-state index contributed by atoms with van der Waals surface area (Å²) in [6, 6.07) is -1.03. The smallest absolute Gasteiger partial charge is 0.242 e. The van der Waals surface area contributed by atoms with Gasteiger partial charge in [0.05, 0.1) is 6.04 Å². The Morgan fingerprint density at radius 3 is 2.24 bits per heavy atom. The zero-order valence-electron chi connectivity index (χ0n) is 10.9. The van der Waals surface area contributed by atoms with Gasteiger partial charge in [0.25, 0.3) is 0 Å². The Morgan fingerprint density at radius 2 is 1.76 bits per heavy atom. The lowest BCUT2D eigenvalue weighted by Crippen LogP contribution is -2.51. The molecule has 0 aliphatic carbocycles. The SMILES string of the molecule is CSCC[C@H](N)C(=O)NC(C)C(=O)NC(C)C. The molecule has 0 rings (SSSR count). The van der Waals surface area contributed by atoms with Gasteiger partial charge in [-0.05, 0) is 39.2 Å². The molecule has 0 fully saturated rings. The third-order valence-electron chi connectivity index (χ3n) is 2.15. The summed E-state index contributed by atoms with van der Waals surface area (Å²) in [5.74, 6) is 0.372. The first-order valence-electron chi connectivity index (χ1n) is 5.73. The van der Waals surface area contributed by atoms with Crippen LogP contribution in [0.15, 0.2) is 0 Å². The van der Waals surface area contributed by atoms with Crippen LogP contribution in [0, 0.1) is 0 Å². The van der Waals surface area contributed by atoms with Crippen LogP contribution in [0.4, 0.5) is 0 Å². The highest BCUT2D eigenvalue weighted by molar-refractivity contribution is 7.98. The topological polar surface area (TPSA) is 84.2 Å². The van der Waals surface area contributed by atoms with Gasteiger partial charge < -0.3 is 16.4 Å². The molecule has 4 N–H and O–H groups in total. The maximum Gasteiger partial charge on any atom is 0.242 e. The van der Waals surface area contributed by atoms with Crippen molar-refractivity contribution in [3.05, 3.63) is 0 Å². The van der Waals surface area contributed by atoms with E-state index in [2.05, 4.69) is 10.6 Å². The summed E-state index contributed by atoms with van der Waals surface area (Å²) in [5, 5.41) is 5.34. The molecule has 0 heterocycles. The molecule has 0 aromatic carbocycles. The van der Waals surface area contributed by atoms with E-state index in [1.165, 1.54) is 0 Å². The molecular formula is C11H23N3O2S. The summed E-state index contributed by atoms with van der Waals surface area (Å²) in [5.41, 5.74) is 5.70. The van der Waals surface area contributed by atoms with Gasteiger partial charge in [-0.1, -0.05) is 0 Å². The molecule has 0 aromatic rings. The van der Waals surface area contributed by atoms with Crippen LogP contribution in [0.5, 0.6) is 0 Å². The Morgan fingerprint density at radius 1 is 1.18 bits per heavy atom. The van der Waals surface area contributed by atoms with E-state index >= 15 is 0 Å². The zero-order chi connectivity index (χ0) is 13.4. The number of nitrogens with one attached hydrogen (secondary N) is 2. The van der Waals surface area contributed by atoms with Crippen molar-refractivity contribution in [1.29, 1.82) is 0 Å². The normalized spacial score (nSPS) is 14.2. The number of hydrogen-bond donors (Lipinski definition) is 3. The Labute approximate surface area is 107 Å². The minimum Gasteiger partial charge on any atom is -0.352 e. The monoisotopic (exact) mass is 261 g/mol. The van der Waals surface area contributed by atoms with Gasteiger partial charge in [-0.25, -0.2) is 0 Å². The van der Waals surface area contributed by atoms with E-state index in [1.807, 2.05) is 20.1 Å². The number of hydrogen-bond acceptors (Lipinski definition) is 4. The highest BCUT2D eigenvalue weighted by atomic mass is 32.2. The first-order valence-corrected chi connectivity index (χ1v) is 7.13. The summed E-state index contributed by atoms with van der Waals surface area (Å²) >= 11 is 1.64. The van der Waals surface area contributed by atoms with E-state index in [4.69, 9.17) is 5.73 Å². The molecule has 1 unspecified atom stereocenters. The van der Waals surface area contributed by atoms with Gasteiger partial charge in [-0.15, -0.1) is 0 Å². The van der Waals surface area contributed by atoms with Crippen LogP contribution in [-0.4, -0.2) is 41.9 Å². The van der Waals surface area contributed by atoms with Crippen molar-refractivity contribution in [1.82, 2.24) is 10.6 Å². The van der Waals surface area contributed by atoms with Crippen LogP contribution in [0.1, 0.15) is 27.2 Å². The van der Waals surface area contributed by atoms with Crippen molar-refractivity contribution in [2.75, 3.05) is 12.0 Å². The fourth-order valence-electron chi connectivity index (χ4n) is 1.17. The van der Waals surface area contributed by atoms with E-state index in [9.17, 15) is 9.59 Å². The van der Waals surface area contributed by atoms with Gasteiger partial charge >= 0.3 is 0 Å². The van der Waals surface area contributed by atoms with E-state index in [-0.39, 0.29) is 17.9 Å². The number of thioether (sulfide) groups is 1. The molecule has 0 saturated heterocycles. The molecule has 100 valence electrons. The van der Waals surface area contributed by atoms with Crippen LogP contribution >= 0.6 is 11.8 Å². The number of rotatable bonds is 7. The fraction of sp³-hybridized carbons (Fsp3) is 0.818. The summed E-state index contributed by atoms with van der Waals surface area (Å²) in [4.78, 5) is 23.2. The predicted octanol–water partition coefficient (Wildman–Crippen LogP) is 0.0961. The predicted molar refractivity (Wildman–Crippen MR) is 71.9 cm³/mol. The van der Waals surface area contributed by atoms with Gasteiger partial charge in [-0.3, -0.25) is 9.59 Å². The van der Waals surface area contributed by atoms with Gasteiger partial charge in [0, 0.05) is 6.04 Å². The molecule has 0 radical (unpaired) electrons. The number of carbonyl (C=O) groups is 2. The van der Waals surface area contributed by atoms with Crippen LogP contribution in [0.25, 0.3) is 0 Å². The number of nitrogens with two attached hydrogens (primary N) is 1. The summed E-state index contributed by atoms with van der Waals surface area (Å²) in [6.45, 7) is 5.39. The lowest BCUT2D eigenvalue weighted by molar-refractivity contribution is -0.129. The minimum atomic E-state index is -0.551. The highest BCUT2D eigenvalue weighted by Crippen LogP contribution is 1.99. The number of carbonyl (C=O) groups excluding carboxylic acids is 2. The van der Waals surface area contributed by atoms with E-state index < -0.39 is 12.1 Å². The van der Waals surface area contributed by atoms with E-state index in [0.717, 1.165) is 5.75 Å². The summed E-state index contributed by atoms with van der Waals surface area (Å²) in [7, 11) is 0. The van der Waals surface area contributed by atoms with Crippen LogP contribution in [-0.2, 0) is 9.59 Å². The van der Waals surface area contributed by atoms with E-state index in [1.54, 1.807) is 18.7 Å². The lowest BCUT2D eigenvalue weighted by atomic mass is 10.2. The van der Waals surface area contributed by atoms with Gasteiger partial charge in [0.1, 0.15) is 6.04 Å². The molecule has 0 aliphatic heterocycles. The lowest BCUT2D eigenvalue weighted by Gasteiger charge is -2.18. The second kappa shape index (κ2) is 8.36. The first-order chi connectivity index (χ1) is 7.88. The molecule has 0 saturated carbocycles. The Bertz CT molecular complexity index is 259. The second-order valence-corrected chi connectivity index (χ2v) is 5.27. The largest absolute Gasteiger partial charge is 0.352 e. The molecule has 0 aliphatic rings. The minimum absolute atomic E-state index is 0.0621. The molecule has 0 aromatic heterocycles. The third-order valence-corrected chi connectivity index (χ3v) is 2.80. The van der Waals surface area contributed by atoms with Crippen LogP contribution in [0.3, 0.4) is 0 Å².